The molecule has 8 nitrogen and oxygen atoms in total. The third-order valence-corrected chi connectivity index (χ3v) is 3.59. The Labute approximate surface area is 139 Å². The molecule has 24 heavy (non-hydrogen) atoms. The van der Waals surface area contributed by atoms with E-state index in [4.69, 9.17) is 5.73 Å². The highest BCUT2D eigenvalue weighted by Crippen LogP contribution is 2.10. The first-order valence-corrected chi connectivity index (χ1v) is 7.56. The Hall–Kier alpha value is -3.16. The SMILES string of the molecule is Cc1cc(C)n(Cc2cccc(C(=O)NCc3nc(N)n[nH]3)c2)n1. The number of carbonyl (C=O) groups excluding carboxylic acids is 1. The Morgan fingerprint density at radius 1 is 1.33 bits per heavy atom. The van der Waals surface area contributed by atoms with Crippen LogP contribution in [0.4, 0.5) is 5.95 Å². The molecule has 1 aromatic carbocycles. The van der Waals surface area contributed by atoms with Crippen LogP contribution in [0.3, 0.4) is 0 Å². The van der Waals surface area contributed by atoms with Gasteiger partial charge in [-0.15, -0.1) is 5.10 Å². The van der Waals surface area contributed by atoms with E-state index >= 15 is 0 Å². The smallest absolute Gasteiger partial charge is 0.251 e. The van der Waals surface area contributed by atoms with Crippen LogP contribution in [0.1, 0.15) is 33.1 Å². The zero-order valence-corrected chi connectivity index (χ0v) is 13.6. The number of carbonyl (C=O) groups is 1. The number of benzene rings is 1. The second-order valence-electron chi connectivity index (χ2n) is 5.61. The third-order valence-electron chi connectivity index (χ3n) is 3.59. The molecule has 0 atom stereocenters. The maximum atomic E-state index is 12.3. The molecular weight excluding hydrogens is 306 g/mol. The largest absolute Gasteiger partial charge is 0.367 e. The predicted molar refractivity (Wildman–Crippen MR) is 89.2 cm³/mol. The Morgan fingerprint density at radius 2 is 2.17 bits per heavy atom. The third kappa shape index (κ3) is 3.60. The standard InChI is InChI=1S/C16H19N7O/c1-10-6-11(2)23(22-10)9-12-4-3-5-13(7-12)15(24)18-8-14-19-16(17)21-20-14/h3-7H,8-9H2,1-2H3,(H,18,24)(H3,17,19,20,21). The number of H-pyrrole nitrogens is 1. The summed E-state index contributed by atoms with van der Waals surface area (Å²) in [5.41, 5.74) is 9.09. The first-order valence-electron chi connectivity index (χ1n) is 7.56. The number of hydrogen-bond donors (Lipinski definition) is 3. The number of nitrogens with zero attached hydrogens (tertiary/aromatic N) is 4. The fourth-order valence-electron chi connectivity index (χ4n) is 2.47. The van der Waals surface area contributed by atoms with Gasteiger partial charge in [-0.3, -0.25) is 14.6 Å². The van der Waals surface area contributed by atoms with Crippen LogP contribution in [-0.2, 0) is 13.1 Å². The zero-order valence-electron chi connectivity index (χ0n) is 13.6. The summed E-state index contributed by atoms with van der Waals surface area (Å²) in [6, 6.07) is 9.50. The summed E-state index contributed by atoms with van der Waals surface area (Å²) in [4.78, 5) is 16.2. The second-order valence-corrected chi connectivity index (χ2v) is 5.61. The van der Waals surface area contributed by atoms with Gasteiger partial charge >= 0.3 is 0 Å². The van der Waals surface area contributed by atoms with Crippen LogP contribution in [0.15, 0.2) is 30.3 Å². The van der Waals surface area contributed by atoms with E-state index in [9.17, 15) is 4.79 Å². The lowest BCUT2D eigenvalue weighted by Gasteiger charge is -2.07. The average molecular weight is 325 g/mol. The number of nitrogens with one attached hydrogen (secondary N) is 2. The summed E-state index contributed by atoms with van der Waals surface area (Å²) in [5.74, 6) is 0.492. The molecule has 8 heteroatoms. The first kappa shape index (κ1) is 15.7. The topological polar surface area (TPSA) is 115 Å². The number of aromatic amines is 1. The molecule has 3 aromatic rings. The Balaban J connectivity index is 1.67. The fourth-order valence-corrected chi connectivity index (χ4v) is 2.47. The minimum absolute atomic E-state index is 0.158. The molecule has 0 unspecified atom stereocenters. The van der Waals surface area contributed by atoms with Gasteiger partial charge < -0.3 is 11.1 Å². The number of hydrogen-bond acceptors (Lipinski definition) is 5. The van der Waals surface area contributed by atoms with Crippen molar-refractivity contribution < 1.29 is 4.79 Å². The van der Waals surface area contributed by atoms with Gasteiger partial charge in [0.05, 0.1) is 18.8 Å². The summed E-state index contributed by atoms with van der Waals surface area (Å²) >= 11 is 0. The molecule has 2 heterocycles. The lowest BCUT2D eigenvalue weighted by atomic mass is 10.1. The van der Waals surface area contributed by atoms with E-state index in [-0.39, 0.29) is 18.4 Å². The maximum absolute atomic E-state index is 12.3. The summed E-state index contributed by atoms with van der Waals surface area (Å²) < 4.78 is 1.92. The van der Waals surface area contributed by atoms with Gasteiger partial charge in [0.15, 0.2) is 0 Å². The highest BCUT2D eigenvalue weighted by molar-refractivity contribution is 5.94. The fraction of sp³-hybridized carbons (Fsp3) is 0.250. The van der Waals surface area contributed by atoms with Crippen LogP contribution in [0.25, 0.3) is 0 Å². The van der Waals surface area contributed by atoms with Gasteiger partial charge in [0.1, 0.15) is 5.82 Å². The van der Waals surface area contributed by atoms with E-state index in [1.54, 1.807) is 6.07 Å². The number of aromatic nitrogens is 5. The molecule has 2 aromatic heterocycles. The van der Waals surface area contributed by atoms with Crippen molar-refractivity contribution in [2.45, 2.75) is 26.9 Å². The lowest BCUT2D eigenvalue weighted by Crippen LogP contribution is -2.23. The molecule has 0 saturated carbocycles. The van der Waals surface area contributed by atoms with Gasteiger partial charge in [-0.1, -0.05) is 12.1 Å². The maximum Gasteiger partial charge on any atom is 0.251 e. The molecule has 124 valence electrons. The number of anilines is 1. The van der Waals surface area contributed by atoms with Crippen molar-refractivity contribution >= 4 is 11.9 Å². The zero-order chi connectivity index (χ0) is 17.1. The molecule has 0 aliphatic heterocycles. The lowest BCUT2D eigenvalue weighted by molar-refractivity contribution is 0.0950. The molecular formula is C16H19N7O. The van der Waals surface area contributed by atoms with Crippen LogP contribution in [0.5, 0.6) is 0 Å². The minimum atomic E-state index is -0.180. The van der Waals surface area contributed by atoms with Crippen molar-refractivity contribution in [2.75, 3.05) is 5.73 Å². The summed E-state index contributed by atoms with van der Waals surface area (Å²) in [5, 5.41) is 13.6. The van der Waals surface area contributed by atoms with E-state index in [0.717, 1.165) is 17.0 Å². The van der Waals surface area contributed by atoms with Gasteiger partial charge in [0.2, 0.25) is 5.95 Å². The number of amides is 1. The molecule has 0 radical (unpaired) electrons. The van der Waals surface area contributed by atoms with E-state index in [2.05, 4.69) is 25.6 Å². The monoisotopic (exact) mass is 325 g/mol. The predicted octanol–water partition coefficient (Wildman–Crippen LogP) is 1.18. The van der Waals surface area contributed by atoms with Gasteiger partial charge in [-0.25, -0.2) is 0 Å². The van der Waals surface area contributed by atoms with Gasteiger partial charge in [-0.05, 0) is 37.6 Å². The minimum Gasteiger partial charge on any atom is -0.367 e. The molecule has 3 rings (SSSR count). The Bertz CT molecular complexity index is 865. The van der Waals surface area contributed by atoms with Crippen LogP contribution >= 0.6 is 0 Å². The van der Waals surface area contributed by atoms with Crippen LogP contribution < -0.4 is 11.1 Å². The molecule has 4 N–H and O–H groups in total. The van der Waals surface area contributed by atoms with Crippen molar-refractivity contribution in [1.29, 1.82) is 0 Å². The highest BCUT2D eigenvalue weighted by atomic mass is 16.1. The van der Waals surface area contributed by atoms with Crippen LogP contribution in [0.2, 0.25) is 0 Å². The number of nitrogens with two attached hydrogens (primary N) is 1. The van der Waals surface area contributed by atoms with Gasteiger partial charge in [-0.2, -0.15) is 10.1 Å². The molecule has 0 aliphatic rings. The Kier molecular flexibility index (Phi) is 4.28. The summed E-state index contributed by atoms with van der Waals surface area (Å²) in [7, 11) is 0. The quantitative estimate of drug-likeness (QED) is 0.651. The number of nitrogen functional groups attached to an aromatic ring is 1. The normalized spacial score (nSPS) is 10.8. The summed E-state index contributed by atoms with van der Waals surface area (Å²) in [6.45, 7) is 4.84. The average Bonchev–Trinajstić information content (AvgIpc) is 3.10. The molecule has 1 amide bonds. The molecule has 0 aliphatic carbocycles. The van der Waals surface area contributed by atoms with Crippen LogP contribution in [0, 0.1) is 13.8 Å². The van der Waals surface area contributed by atoms with Gasteiger partial charge in [0, 0.05) is 11.3 Å². The van der Waals surface area contributed by atoms with Crippen molar-refractivity contribution in [3.63, 3.8) is 0 Å². The van der Waals surface area contributed by atoms with Crippen molar-refractivity contribution in [3.05, 3.63) is 58.7 Å². The van der Waals surface area contributed by atoms with Crippen molar-refractivity contribution in [1.82, 2.24) is 30.3 Å². The van der Waals surface area contributed by atoms with Crippen molar-refractivity contribution in [3.8, 4) is 0 Å². The molecule has 0 bridgehead atoms. The number of aryl methyl sites for hydroxylation is 2. The molecule has 0 saturated heterocycles. The second kappa shape index (κ2) is 6.53. The van der Waals surface area contributed by atoms with E-state index < -0.39 is 0 Å². The molecule has 0 fully saturated rings. The van der Waals surface area contributed by atoms with Crippen molar-refractivity contribution in [2.24, 2.45) is 0 Å². The van der Waals surface area contributed by atoms with Gasteiger partial charge in [0.25, 0.3) is 5.91 Å². The first-order chi connectivity index (χ1) is 11.5. The van der Waals surface area contributed by atoms with Crippen LogP contribution in [-0.4, -0.2) is 30.9 Å². The van der Waals surface area contributed by atoms with E-state index in [0.29, 0.717) is 17.9 Å². The molecule has 0 spiro atoms. The Morgan fingerprint density at radius 3 is 2.83 bits per heavy atom. The number of rotatable bonds is 5. The van der Waals surface area contributed by atoms with E-state index in [1.807, 2.05) is 42.8 Å². The highest BCUT2D eigenvalue weighted by Gasteiger charge is 2.09. The summed E-state index contributed by atoms with van der Waals surface area (Å²) in [6.07, 6.45) is 0. The van der Waals surface area contributed by atoms with E-state index in [1.165, 1.54) is 0 Å².